The Kier molecular flexibility index (Phi) is 5.44. The van der Waals surface area contributed by atoms with Crippen LogP contribution in [-0.2, 0) is 0 Å². The third-order valence-electron chi connectivity index (χ3n) is 4.64. The normalized spacial score (nSPS) is 21.1. The lowest BCUT2D eigenvalue weighted by molar-refractivity contribution is 0.314. The van der Waals surface area contributed by atoms with Gasteiger partial charge in [-0.05, 0) is 51.5 Å². The van der Waals surface area contributed by atoms with Crippen LogP contribution in [0.1, 0.15) is 37.8 Å². The molecular formula is C17H29N3. The van der Waals surface area contributed by atoms with Gasteiger partial charge in [0.2, 0.25) is 0 Å². The van der Waals surface area contributed by atoms with E-state index in [1.54, 1.807) is 0 Å². The van der Waals surface area contributed by atoms with Crippen molar-refractivity contribution < 1.29 is 0 Å². The second-order valence-corrected chi connectivity index (χ2v) is 5.97. The van der Waals surface area contributed by atoms with Crippen molar-refractivity contribution in [3.8, 4) is 0 Å². The molecule has 2 unspecified atom stereocenters. The molecule has 2 atom stereocenters. The molecule has 112 valence electrons. The molecule has 0 aliphatic carbocycles. The van der Waals surface area contributed by atoms with Crippen LogP contribution in [0.25, 0.3) is 0 Å². The summed E-state index contributed by atoms with van der Waals surface area (Å²) >= 11 is 0. The van der Waals surface area contributed by atoms with E-state index in [4.69, 9.17) is 0 Å². The van der Waals surface area contributed by atoms with E-state index in [-0.39, 0.29) is 0 Å². The summed E-state index contributed by atoms with van der Waals surface area (Å²) in [6, 6.07) is 9.95. The molecular weight excluding hydrogens is 246 g/mol. The van der Waals surface area contributed by atoms with Gasteiger partial charge >= 0.3 is 0 Å². The van der Waals surface area contributed by atoms with E-state index in [1.807, 2.05) is 0 Å². The molecule has 2 rings (SSSR count). The SMILES string of the molecule is CCC(NC)c1ccccc1N(C)CC1CCCN1C. The number of nitrogens with one attached hydrogen (secondary N) is 1. The number of benzene rings is 1. The van der Waals surface area contributed by atoms with Crippen LogP contribution in [0, 0.1) is 0 Å². The van der Waals surface area contributed by atoms with Gasteiger partial charge < -0.3 is 15.1 Å². The highest BCUT2D eigenvalue weighted by atomic mass is 15.2. The van der Waals surface area contributed by atoms with E-state index >= 15 is 0 Å². The zero-order valence-electron chi connectivity index (χ0n) is 13.4. The van der Waals surface area contributed by atoms with Crippen molar-refractivity contribution in [3.05, 3.63) is 29.8 Å². The Labute approximate surface area is 124 Å². The smallest absolute Gasteiger partial charge is 0.0412 e. The predicted molar refractivity (Wildman–Crippen MR) is 87.5 cm³/mol. The predicted octanol–water partition coefficient (Wildman–Crippen LogP) is 2.89. The molecule has 0 spiro atoms. The zero-order valence-corrected chi connectivity index (χ0v) is 13.4. The molecule has 1 saturated heterocycles. The molecule has 1 fully saturated rings. The molecule has 1 aliphatic rings. The summed E-state index contributed by atoms with van der Waals surface area (Å²) in [5.41, 5.74) is 2.79. The van der Waals surface area contributed by atoms with Gasteiger partial charge in [0, 0.05) is 31.4 Å². The zero-order chi connectivity index (χ0) is 14.5. The third kappa shape index (κ3) is 3.33. The van der Waals surface area contributed by atoms with Crippen molar-refractivity contribution >= 4 is 5.69 Å². The Bertz CT molecular complexity index is 414. The minimum Gasteiger partial charge on any atom is -0.373 e. The van der Waals surface area contributed by atoms with Gasteiger partial charge in [-0.2, -0.15) is 0 Å². The van der Waals surface area contributed by atoms with Crippen molar-refractivity contribution in [2.45, 2.75) is 38.3 Å². The molecule has 1 aromatic rings. The second-order valence-electron chi connectivity index (χ2n) is 5.97. The van der Waals surface area contributed by atoms with Gasteiger partial charge in [-0.15, -0.1) is 0 Å². The average molecular weight is 275 g/mol. The number of likely N-dealkylation sites (tertiary alicyclic amines) is 1. The van der Waals surface area contributed by atoms with Crippen LogP contribution >= 0.6 is 0 Å². The monoisotopic (exact) mass is 275 g/mol. The topological polar surface area (TPSA) is 18.5 Å². The molecule has 1 aliphatic heterocycles. The molecule has 20 heavy (non-hydrogen) atoms. The number of rotatable bonds is 6. The fourth-order valence-corrected chi connectivity index (χ4v) is 3.33. The molecule has 1 N–H and O–H groups in total. The highest BCUT2D eigenvalue weighted by Crippen LogP contribution is 2.28. The number of hydrogen-bond donors (Lipinski definition) is 1. The molecule has 0 aromatic heterocycles. The molecule has 0 bridgehead atoms. The first kappa shape index (κ1) is 15.3. The van der Waals surface area contributed by atoms with E-state index in [0.29, 0.717) is 12.1 Å². The first-order valence-corrected chi connectivity index (χ1v) is 7.85. The largest absolute Gasteiger partial charge is 0.373 e. The Morgan fingerprint density at radius 1 is 1.40 bits per heavy atom. The van der Waals surface area contributed by atoms with E-state index in [9.17, 15) is 0 Å². The van der Waals surface area contributed by atoms with E-state index < -0.39 is 0 Å². The lowest BCUT2D eigenvalue weighted by Gasteiger charge is -2.30. The van der Waals surface area contributed by atoms with Crippen LogP contribution in [0.2, 0.25) is 0 Å². The number of likely N-dealkylation sites (N-methyl/N-ethyl adjacent to an activating group) is 2. The van der Waals surface area contributed by atoms with Crippen LogP contribution in [0.4, 0.5) is 5.69 Å². The number of para-hydroxylation sites is 1. The van der Waals surface area contributed by atoms with Gasteiger partial charge in [-0.1, -0.05) is 25.1 Å². The summed E-state index contributed by atoms with van der Waals surface area (Å²) in [6.45, 7) is 4.60. The summed E-state index contributed by atoms with van der Waals surface area (Å²) < 4.78 is 0. The van der Waals surface area contributed by atoms with Gasteiger partial charge in [0.05, 0.1) is 0 Å². The van der Waals surface area contributed by atoms with Crippen LogP contribution < -0.4 is 10.2 Å². The molecule has 3 nitrogen and oxygen atoms in total. The van der Waals surface area contributed by atoms with Gasteiger partial charge in [0.15, 0.2) is 0 Å². The number of hydrogen-bond acceptors (Lipinski definition) is 3. The highest BCUT2D eigenvalue weighted by Gasteiger charge is 2.23. The van der Waals surface area contributed by atoms with Gasteiger partial charge in [0.25, 0.3) is 0 Å². The Hall–Kier alpha value is -1.06. The molecule has 0 radical (unpaired) electrons. The minimum absolute atomic E-state index is 0.440. The lowest BCUT2D eigenvalue weighted by atomic mass is 10.0. The Balaban J connectivity index is 2.14. The third-order valence-corrected chi connectivity index (χ3v) is 4.64. The maximum Gasteiger partial charge on any atom is 0.0412 e. The summed E-state index contributed by atoms with van der Waals surface area (Å²) in [5, 5.41) is 3.43. The molecule has 0 amide bonds. The first-order valence-electron chi connectivity index (χ1n) is 7.85. The van der Waals surface area contributed by atoms with Crippen molar-refractivity contribution in [2.24, 2.45) is 0 Å². The maximum atomic E-state index is 3.43. The second kappa shape index (κ2) is 7.09. The van der Waals surface area contributed by atoms with Crippen LogP contribution in [-0.4, -0.2) is 45.2 Å². The lowest BCUT2D eigenvalue weighted by Crippen LogP contribution is -2.37. The van der Waals surface area contributed by atoms with Crippen molar-refractivity contribution in [2.75, 3.05) is 39.1 Å². The van der Waals surface area contributed by atoms with Crippen molar-refractivity contribution in [3.63, 3.8) is 0 Å². The van der Waals surface area contributed by atoms with E-state index in [1.165, 1.54) is 30.6 Å². The standard InChI is InChI=1S/C17H29N3/c1-5-16(18-2)15-10-6-7-11-17(15)20(4)13-14-9-8-12-19(14)3/h6-7,10-11,14,16,18H,5,8-9,12-13H2,1-4H3. The summed E-state index contributed by atoms with van der Waals surface area (Å²) in [7, 11) is 6.53. The van der Waals surface area contributed by atoms with Gasteiger partial charge in [-0.3, -0.25) is 0 Å². The van der Waals surface area contributed by atoms with Crippen LogP contribution in [0.5, 0.6) is 0 Å². The quantitative estimate of drug-likeness (QED) is 0.861. The molecule has 3 heteroatoms. The Morgan fingerprint density at radius 2 is 2.15 bits per heavy atom. The van der Waals surface area contributed by atoms with E-state index in [2.05, 4.69) is 67.4 Å². The fraction of sp³-hybridized carbons (Fsp3) is 0.647. The van der Waals surface area contributed by atoms with E-state index in [0.717, 1.165) is 13.0 Å². The summed E-state index contributed by atoms with van der Waals surface area (Å²) in [5.74, 6) is 0. The van der Waals surface area contributed by atoms with Gasteiger partial charge in [0.1, 0.15) is 0 Å². The Morgan fingerprint density at radius 3 is 2.75 bits per heavy atom. The molecule has 1 heterocycles. The maximum absolute atomic E-state index is 3.43. The molecule has 0 saturated carbocycles. The number of anilines is 1. The van der Waals surface area contributed by atoms with Crippen molar-refractivity contribution in [1.29, 1.82) is 0 Å². The van der Waals surface area contributed by atoms with Crippen LogP contribution in [0.15, 0.2) is 24.3 Å². The minimum atomic E-state index is 0.440. The number of nitrogens with zero attached hydrogens (tertiary/aromatic N) is 2. The average Bonchev–Trinajstić information content (AvgIpc) is 2.86. The fourth-order valence-electron chi connectivity index (χ4n) is 3.33. The highest BCUT2D eigenvalue weighted by molar-refractivity contribution is 5.54. The van der Waals surface area contributed by atoms with Gasteiger partial charge in [-0.25, -0.2) is 0 Å². The van der Waals surface area contributed by atoms with Crippen molar-refractivity contribution in [1.82, 2.24) is 10.2 Å². The van der Waals surface area contributed by atoms with Crippen LogP contribution in [0.3, 0.4) is 0 Å². The summed E-state index contributed by atoms with van der Waals surface area (Å²) in [6.07, 6.45) is 3.78. The summed E-state index contributed by atoms with van der Waals surface area (Å²) in [4.78, 5) is 4.93. The first-order chi connectivity index (χ1) is 9.67. The molecule has 1 aromatic carbocycles.